The molecule has 0 saturated carbocycles. The quantitative estimate of drug-likeness (QED) is 0.474. The van der Waals surface area contributed by atoms with Gasteiger partial charge in [0.25, 0.3) is 5.69 Å². The highest BCUT2D eigenvalue weighted by Crippen LogP contribution is 2.32. The van der Waals surface area contributed by atoms with E-state index in [9.17, 15) is 10.1 Å². The first-order valence-corrected chi connectivity index (χ1v) is 6.74. The molecule has 2 rings (SSSR count). The van der Waals surface area contributed by atoms with Crippen molar-refractivity contribution in [3.8, 4) is 22.5 Å². The lowest BCUT2D eigenvalue weighted by Gasteiger charge is -1.98. The van der Waals surface area contributed by atoms with E-state index < -0.39 is 4.92 Å². The van der Waals surface area contributed by atoms with Crippen molar-refractivity contribution in [2.75, 3.05) is 6.26 Å². The molecule has 0 unspecified atom stereocenters. The minimum absolute atomic E-state index is 0.0284. The highest BCUT2D eigenvalue weighted by molar-refractivity contribution is 8.03. The first-order valence-electron chi connectivity index (χ1n) is 5.51. The Morgan fingerprint density at radius 1 is 1.37 bits per heavy atom. The summed E-state index contributed by atoms with van der Waals surface area (Å²) in [6.45, 7) is 1.79. The Morgan fingerprint density at radius 3 is 2.79 bits per heavy atom. The predicted octanol–water partition coefficient (Wildman–Crippen LogP) is 3.84. The van der Waals surface area contributed by atoms with E-state index in [-0.39, 0.29) is 5.69 Å². The largest absolute Gasteiger partial charge is 0.460 e. The normalized spacial score (nSPS) is 9.79. The molecule has 1 aromatic heterocycles. The summed E-state index contributed by atoms with van der Waals surface area (Å²) in [7, 11) is 0. The number of nitro benzene ring substituents is 1. The summed E-state index contributed by atoms with van der Waals surface area (Å²) in [4.78, 5) is 10.6. The topological polar surface area (TPSA) is 56.3 Å². The van der Waals surface area contributed by atoms with Crippen molar-refractivity contribution in [1.82, 2.24) is 0 Å². The van der Waals surface area contributed by atoms with E-state index in [4.69, 9.17) is 4.42 Å². The molecule has 0 saturated heterocycles. The Balaban J connectivity index is 2.51. The molecule has 0 amide bonds. The van der Waals surface area contributed by atoms with Crippen LogP contribution in [0.3, 0.4) is 0 Å². The van der Waals surface area contributed by atoms with Gasteiger partial charge in [-0.25, -0.2) is 0 Å². The maximum atomic E-state index is 11.0. The van der Waals surface area contributed by atoms with Crippen molar-refractivity contribution in [1.29, 1.82) is 0 Å². The number of hydrogen-bond acceptors (Lipinski definition) is 4. The number of aryl methyl sites for hydroxylation is 1. The Kier molecular flexibility index (Phi) is 3.93. The zero-order valence-corrected chi connectivity index (χ0v) is 11.3. The highest BCUT2D eigenvalue weighted by atomic mass is 32.2. The predicted molar refractivity (Wildman–Crippen MR) is 75.9 cm³/mol. The number of benzene rings is 1. The molecule has 0 N–H and O–H groups in total. The number of rotatable bonds is 2. The molecule has 2 aromatic rings. The van der Waals surface area contributed by atoms with Gasteiger partial charge in [-0.05, 0) is 24.5 Å². The lowest BCUT2D eigenvalue weighted by molar-refractivity contribution is -0.384. The van der Waals surface area contributed by atoms with Gasteiger partial charge >= 0.3 is 0 Å². The van der Waals surface area contributed by atoms with Crippen molar-refractivity contribution in [3.63, 3.8) is 0 Å². The van der Waals surface area contributed by atoms with Gasteiger partial charge in [-0.1, -0.05) is 29.8 Å². The van der Waals surface area contributed by atoms with E-state index in [1.807, 2.05) is 6.26 Å². The number of furan rings is 1. The minimum Gasteiger partial charge on any atom is -0.460 e. The molecule has 4 nitrogen and oxygen atoms in total. The Labute approximate surface area is 115 Å². The van der Waals surface area contributed by atoms with E-state index in [2.05, 4.69) is 11.2 Å². The first kappa shape index (κ1) is 13.2. The second-order valence-corrected chi connectivity index (χ2v) is 4.40. The molecule has 5 heteroatoms. The second-order valence-electron chi connectivity index (χ2n) is 3.79. The van der Waals surface area contributed by atoms with Crippen LogP contribution in [-0.4, -0.2) is 11.2 Å². The molecule has 19 heavy (non-hydrogen) atoms. The molecule has 1 heterocycles. The average Bonchev–Trinajstić information content (AvgIpc) is 2.77. The van der Waals surface area contributed by atoms with Crippen molar-refractivity contribution < 1.29 is 9.34 Å². The van der Waals surface area contributed by atoms with Crippen molar-refractivity contribution in [2.24, 2.45) is 0 Å². The van der Waals surface area contributed by atoms with E-state index in [0.29, 0.717) is 17.1 Å². The molecule has 1 aromatic carbocycles. The van der Waals surface area contributed by atoms with Crippen LogP contribution in [0.2, 0.25) is 0 Å². The van der Waals surface area contributed by atoms with Gasteiger partial charge < -0.3 is 4.42 Å². The summed E-state index contributed by atoms with van der Waals surface area (Å²) in [6, 6.07) is 8.24. The number of nitrogens with zero attached hydrogens (tertiary/aromatic N) is 1. The van der Waals surface area contributed by atoms with Crippen molar-refractivity contribution >= 4 is 17.4 Å². The molecular weight excluding hydrogens is 262 g/mol. The third-order valence-electron chi connectivity index (χ3n) is 2.57. The number of hydrogen-bond donors (Lipinski definition) is 0. The van der Waals surface area contributed by atoms with E-state index in [1.165, 1.54) is 17.8 Å². The first-order chi connectivity index (χ1) is 9.13. The molecule has 96 valence electrons. The fraction of sp³-hybridized carbons (Fsp3) is 0.143. The number of thioether (sulfide) groups is 1. The van der Waals surface area contributed by atoms with E-state index in [0.717, 1.165) is 5.56 Å². The summed E-state index contributed by atoms with van der Waals surface area (Å²) in [5.74, 6) is 4.08. The van der Waals surface area contributed by atoms with Gasteiger partial charge in [0.05, 0.1) is 16.1 Å². The van der Waals surface area contributed by atoms with Crippen LogP contribution in [-0.2, 0) is 0 Å². The standard InChI is InChI=1S/C14H11NO3S/c1-10-11(7-8-19-2)9-14(18-10)12-5-3-4-6-13(12)15(16)17/h3-6,9H,1-2H3. The van der Waals surface area contributed by atoms with Gasteiger partial charge in [-0.3, -0.25) is 10.1 Å². The van der Waals surface area contributed by atoms with Crippen LogP contribution in [0.25, 0.3) is 11.3 Å². The van der Waals surface area contributed by atoms with Crippen LogP contribution in [0, 0.1) is 28.2 Å². The zero-order chi connectivity index (χ0) is 13.8. The molecule has 0 radical (unpaired) electrons. The minimum atomic E-state index is -0.416. The Morgan fingerprint density at radius 2 is 2.11 bits per heavy atom. The SMILES string of the molecule is CSC#Cc1cc(-c2ccccc2[N+](=O)[O-])oc1C. The molecule has 0 aliphatic rings. The maximum absolute atomic E-state index is 11.0. The van der Waals surface area contributed by atoms with Crippen LogP contribution in [0.5, 0.6) is 0 Å². The van der Waals surface area contributed by atoms with Gasteiger partial charge in [0.2, 0.25) is 0 Å². The van der Waals surface area contributed by atoms with E-state index in [1.54, 1.807) is 31.2 Å². The lowest BCUT2D eigenvalue weighted by Crippen LogP contribution is -1.90. The smallest absolute Gasteiger partial charge is 0.280 e. The van der Waals surface area contributed by atoms with Gasteiger partial charge in [0.1, 0.15) is 11.5 Å². The van der Waals surface area contributed by atoms with Crippen LogP contribution in [0.15, 0.2) is 34.7 Å². The highest BCUT2D eigenvalue weighted by Gasteiger charge is 2.18. The lowest BCUT2D eigenvalue weighted by atomic mass is 10.1. The summed E-state index contributed by atoms with van der Waals surface area (Å²) >= 11 is 1.41. The second kappa shape index (κ2) is 5.63. The van der Waals surface area contributed by atoms with E-state index >= 15 is 0 Å². The third kappa shape index (κ3) is 2.80. The fourth-order valence-electron chi connectivity index (χ4n) is 1.69. The monoisotopic (exact) mass is 273 g/mol. The number of para-hydroxylation sites is 1. The molecule has 0 aliphatic carbocycles. The van der Waals surface area contributed by atoms with Crippen LogP contribution in [0.1, 0.15) is 11.3 Å². The fourth-order valence-corrected chi connectivity index (χ4v) is 1.90. The molecule has 0 aliphatic heterocycles. The summed E-state index contributed by atoms with van der Waals surface area (Å²) in [5.41, 5.74) is 1.25. The van der Waals surface area contributed by atoms with Gasteiger partial charge in [-0.2, -0.15) is 0 Å². The Hall–Kier alpha value is -2.19. The van der Waals surface area contributed by atoms with Gasteiger partial charge in [0.15, 0.2) is 0 Å². The van der Waals surface area contributed by atoms with Gasteiger partial charge in [0, 0.05) is 12.1 Å². The van der Waals surface area contributed by atoms with Crippen LogP contribution >= 0.6 is 11.8 Å². The van der Waals surface area contributed by atoms with Crippen molar-refractivity contribution in [3.05, 3.63) is 51.8 Å². The summed E-state index contributed by atoms with van der Waals surface area (Å²) < 4.78 is 5.57. The average molecular weight is 273 g/mol. The molecule has 0 atom stereocenters. The number of nitro groups is 1. The zero-order valence-electron chi connectivity index (χ0n) is 10.5. The summed E-state index contributed by atoms with van der Waals surface area (Å²) in [5, 5.41) is 13.9. The van der Waals surface area contributed by atoms with Crippen molar-refractivity contribution in [2.45, 2.75) is 6.92 Å². The van der Waals surface area contributed by atoms with Crippen LogP contribution < -0.4 is 0 Å². The third-order valence-corrected chi connectivity index (χ3v) is 2.88. The molecular formula is C14H11NO3S. The molecule has 0 spiro atoms. The Bertz CT molecular complexity index is 679. The summed E-state index contributed by atoms with van der Waals surface area (Å²) in [6.07, 6.45) is 1.88. The maximum Gasteiger partial charge on any atom is 0.280 e. The van der Waals surface area contributed by atoms with Gasteiger partial charge in [-0.15, -0.1) is 0 Å². The molecule has 0 bridgehead atoms. The van der Waals surface area contributed by atoms with Crippen LogP contribution in [0.4, 0.5) is 5.69 Å². The molecule has 0 fully saturated rings.